The lowest BCUT2D eigenvalue weighted by molar-refractivity contribution is 0.0997. The lowest BCUT2D eigenvalue weighted by Gasteiger charge is -2.06. The summed E-state index contributed by atoms with van der Waals surface area (Å²) < 4.78 is 5.64. The quantitative estimate of drug-likeness (QED) is 0.611. The van der Waals surface area contributed by atoms with Gasteiger partial charge in [-0.15, -0.1) is 0 Å². The molecule has 5 heteroatoms. The Kier molecular flexibility index (Phi) is 4.65. The lowest BCUT2D eigenvalue weighted by atomic mass is 10.1. The van der Waals surface area contributed by atoms with Gasteiger partial charge in [0.25, 0.3) is 5.91 Å². The summed E-state index contributed by atoms with van der Waals surface area (Å²) in [5, 5.41) is 3.90. The summed E-state index contributed by atoms with van der Waals surface area (Å²) in [6.07, 6.45) is 0. The molecule has 122 valence electrons. The summed E-state index contributed by atoms with van der Waals surface area (Å²) >= 11 is 12.2. The van der Waals surface area contributed by atoms with Gasteiger partial charge in [-0.2, -0.15) is 0 Å². The van der Waals surface area contributed by atoms with Crippen LogP contribution in [0.3, 0.4) is 0 Å². The van der Waals surface area contributed by atoms with Crippen LogP contribution in [0.5, 0.6) is 0 Å². The molecule has 2 aromatic carbocycles. The van der Waals surface area contributed by atoms with E-state index in [0.29, 0.717) is 21.4 Å². The van der Waals surface area contributed by atoms with Crippen LogP contribution < -0.4 is 5.32 Å². The number of hydrogen-bond acceptors (Lipinski definition) is 2. The van der Waals surface area contributed by atoms with Crippen LogP contribution in [0.4, 0.5) is 5.69 Å². The molecule has 1 N–H and O–H groups in total. The number of amides is 1. The zero-order valence-corrected chi connectivity index (χ0v) is 14.7. The maximum absolute atomic E-state index is 12.4. The zero-order valence-electron chi connectivity index (χ0n) is 13.2. The standard InChI is InChI=1S/C19H15Cl2NO2/c1-11-7-12(2)9-14(8-11)22-19(23)18-6-5-17(24-18)15-10-13(20)3-4-16(15)21/h3-10H,1-2H3,(H,22,23). The Bertz CT molecular complexity index is 895. The maximum atomic E-state index is 12.4. The smallest absolute Gasteiger partial charge is 0.291 e. The maximum Gasteiger partial charge on any atom is 0.291 e. The number of aryl methyl sites for hydroxylation is 2. The van der Waals surface area contributed by atoms with Gasteiger partial charge >= 0.3 is 0 Å². The molecule has 0 fully saturated rings. The molecule has 0 atom stereocenters. The highest BCUT2D eigenvalue weighted by Crippen LogP contribution is 2.32. The van der Waals surface area contributed by atoms with Crippen molar-refractivity contribution in [1.29, 1.82) is 0 Å². The molecule has 3 nitrogen and oxygen atoms in total. The molecule has 0 aliphatic rings. The first kappa shape index (κ1) is 16.6. The number of halogens is 2. The minimum Gasteiger partial charge on any atom is -0.451 e. The molecule has 0 saturated heterocycles. The van der Waals surface area contributed by atoms with Gasteiger partial charge in [-0.25, -0.2) is 0 Å². The predicted molar refractivity (Wildman–Crippen MR) is 98.0 cm³/mol. The molecule has 0 aliphatic carbocycles. The van der Waals surface area contributed by atoms with Crippen molar-refractivity contribution < 1.29 is 9.21 Å². The molecule has 3 rings (SSSR count). The van der Waals surface area contributed by atoms with E-state index >= 15 is 0 Å². The van der Waals surface area contributed by atoms with E-state index in [-0.39, 0.29) is 11.7 Å². The molecule has 0 aliphatic heterocycles. The fraction of sp³-hybridized carbons (Fsp3) is 0.105. The van der Waals surface area contributed by atoms with E-state index in [1.54, 1.807) is 30.3 Å². The summed E-state index contributed by atoms with van der Waals surface area (Å²) in [5.74, 6) is 0.387. The molecule has 0 unspecified atom stereocenters. The Morgan fingerprint density at radius 1 is 0.958 bits per heavy atom. The number of anilines is 1. The van der Waals surface area contributed by atoms with E-state index in [1.165, 1.54) is 0 Å². The molecular formula is C19H15Cl2NO2. The van der Waals surface area contributed by atoms with Crippen molar-refractivity contribution in [2.24, 2.45) is 0 Å². The van der Waals surface area contributed by atoms with Gasteiger partial charge in [0.1, 0.15) is 5.76 Å². The van der Waals surface area contributed by atoms with Gasteiger partial charge in [0, 0.05) is 16.3 Å². The van der Waals surface area contributed by atoms with Gasteiger partial charge in [-0.1, -0.05) is 29.3 Å². The molecule has 3 aromatic rings. The van der Waals surface area contributed by atoms with E-state index in [9.17, 15) is 4.79 Å². The number of benzene rings is 2. The van der Waals surface area contributed by atoms with Gasteiger partial charge in [-0.3, -0.25) is 4.79 Å². The predicted octanol–water partition coefficient (Wildman–Crippen LogP) is 6.12. The number of carbonyl (C=O) groups excluding carboxylic acids is 1. The van der Waals surface area contributed by atoms with Crippen LogP contribution in [0.1, 0.15) is 21.7 Å². The van der Waals surface area contributed by atoms with Crippen LogP contribution in [-0.4, -0.2) is 5.91 Å². The van der Waals surface area contributed by atoms with Crippen molar-refractivity contribution in [2.75, 3.05) is 5.32 Å². The van der Waals surface area contributed by atoms with Gasteiger partial charge < -0.3 is 9.73 Å². The topological polar surface area (TPSA) is 42.2 Å². The third-order valence-corrected chi connectivity index (χ3v) is 4.07. The van der Waals surface area contributed by atoms with E-state index in [4.69, 9.17) is 27.6 Å². The van der Waals surface area contributed by atoms with E-state index < -0.39 is 0 Å². The van der Waals surface area contributed by atoms with Gasteiger partial charge in [0.05, 0.1) is 5.02 Å². The molecule has 0 spiro atoms. The second kappa shape index (κ2) is 6.71. The normalized spacial score (nSPS) is 10.7. The second-order valence-electron chi connectivity index (χ2n) is 5.62. The summed E-state index contributed by atoms with van der Waals surface area (Å²) in [7, 11) is 0. The number of furan rings is 1. The molecule has 24 heavy (non-hydrogen) atoms. The third-order valence-electron chi connectivity index (χ3n) is 3.50. The van der Waals surface area contributed by atoms with E-state index in [1.807, 2.05) is 32.0 Å². The van der Waals surface area contributed by atoms with Crippen LogP contribution in [0.25, 0.3) is 11.3 Å². The SMILES string of the molecule is Cc1cc(C)cc(NC(=O)c2ccc(-c3cc(Cl)ccc3Cl)o2)c1. The highest BCUT2D eigenvalue weighted by molar-refractivity contribution is 6.35. The van der Waals surface area contributed by atoms with Crippen molar-refractivity contribution in [3.63, 3.8) is 0 Å². The van der Waals surface area contributed by atoms with Crippen molar-refractivity contribution in [3.8, 4) is 11.3 Å². The Morgan fingerprint density at radius 3 is 2.38 bits per heavy atom. The van der Waals surface area contributed by atoms with E-state index in [2.05, 4.69) is 5.32 Å². The first-order chi connectivity index (χ1) is 11.4. The van der Waals surface area contributed by atoms with Gasteiger partial charge in [0.15, 0.2) is 5.76 Å². The third kappa shape index (κ3) is 3.64. The monoisotopic (exact) mass is 359 g/mol. The number of nitrogens with one attached hydrogen (secondary N) is 1. The minimum atomic E-state index is -0.315. The average molecular weight is 360 g/mol. The summed E-state index contributed by atoms with van der Waals surface area (Å²) in [6.45, 7) is 3.96. The molecule has 0 saturated carbocycles. The first-order valence-corrected chi connectivity index (χ1v) is 8.13. The lowest BCUT2D eigenvalue weighted by Crippen LogP contribution is -2.11. The summed E-state index contributed by atoms with van der Waals surface area (Å²) in [5.41, 5.74) is 3.54. The molecule has 0 radical (unpaired) electrons. The zero-order chi connectivity index (χ0) is 17.3. The van der Waals surface area contributed by atoms with Crippen LogP contribution >= 0.6 is 23.2 Å². The Labute approximate surface area is 150 Å². The average Bonchev–Trinajstić information content (AvgIpc) is 2.98. The summed E-state index contributed by atoms with van der Waals surface area (Å²) in [4.78, 5) is 12.4. The Hall–Kier alpha value is -2.23. The molecule has 1 amide bonds. The van der Waals surface area contributed by atoms with Gasteiger partial charge in [0.2, 0.25) is 0 Å². The van der Waals surface area contributed by atoms with Gasteiger partial charge in [-0.05, 0) is 67.4 Å². The van der Waals surface area contributed by atoms with Crippen LogP contribution in [0.15, 0.2) is 52.9 Å². The number of carbonyl (C=O) groups is 1. The summed E-state index contributed by atoms with van der Waals surface area (Å²) in [6, 6.07) is 14.3. The van der Waals surface area contributed by atoms with Crippen molar-refractivity contribution >= 4 is 34.8 Å². The van der Waals surface area contributed by atoms with Crippen molar-refractivity contribution in [1.82, 2.24) is 0 Å². The van der Waals surface area contributed by atoms with Crippen molar-refractivity contribution in [2.45, 2.75) is 13.8 Å². The highest BCUT2D eigenvalue weighted by atomic mass is 35.5. The fourth-order valence-electron chi connectivity index (χ4n) is 2.53. The molecular weight excluding hydrogens is 345 g/mol. The largest absolute Gasteiger partial charge is 0.451 e. The molecule has 1 heterocycles. The van der Waals surface area contributed by atoms with Crippen LogP contribution in [0, 0.1) is 13.8 Å². The van der Waals surface area contributed by atoms with Crippen molar-refractivity contribution in [3.05, 3.63) is 75.5 Å². The highest BCUT2D eigenvalue weighted by Gasteiger charge is 2.15. The minimum absolute atomic E-state index is 0.209. The van der Waals surface area contributed by atoms with Crippen LogP contribution in [0.2, 0.25) is 10.0 Å². The second-order valence-corrected chi connectivity index (χ2v) is 6.46. The molecule has 0 bridgehead atoms. The molecule has 1 aromatic heterocycles. The first-order valence-electron chi connectivity index (χ1n) is 7.37. The number of rotatable bonds is 3. The van der Waals surface area contributed by atoms with E-state index in [0.717, 1.165) is 16.8 Å². The Morgan fingerprint density at radius 2 is 1.67 bits per heavy atom. The Balaban J connectivity index is 1.84. The number of hydrogen-bond donors (Lipinski definition) is 1. The van der Waals surface area contributed by atoms with Crippen LogP contribution in [-0.2, 0) is 0 Å². The fourth-order valence-corrected chi connectivity index (χ4v) is 2.91.